The Morgan fingerprint density at radius 3 is 2.24 bits per heavy atom. The van der Waals surface area contributed by atoms with Crippen LogP contribution < -0.4 is 9.47 Å². The van der Waals surface area contributed by atoms with Crippen LogP contribution in [-0.4, -0.2) is 47.3 Å². The van der Waals surface area contributed by atoms with Crippen LogP contribution in [0.5, 0.6) is 11.5 Å². The Morgan fingerprint density at radius 1 is 0.941 bits per heavy atom. The number of hydrogen-bond donors (Lipinski definition) is 0. The van der Waals surface area contributed by atoms with Crippen LogP contribution in [0, 0.1) is 0 Å². The molecule has 1 aliphatic rings. The van der Waals surface area contributed by atoms with Gasteiger partial charge in [-0.3, -0.25) is 0 Å². The van der Waals surface area contributed by atoms with Crippen LogP contribution in [0.2, 0.25) is 0 Å². The van der Waals surface area contributed by atoms with Gasteiger partial charge in [-0.15, -0.1) is 0 Å². The van der Waals surface area contributed by atoms with Crippen molar-refractivity contribution in [1.82, 2.24) is 0 Å². The fourth-order valence-electron chi connectivity index (χ4n) is 3.86. The van der Waals surface area contributed by atoms with E-state index in [0.29, 0.717) is 13.0 Å². The number of hydrogen-bond acceptors (Lipinski definition) is 6. The average molecular weight is 471 g/mol. The second-order valence-electron chi connectivity index (χ2n) is 8.52. The quantitative estimate of drug-likeness (QED) is 0.270. The molecule has 6 heteroatoms. The molecule has 2 aromatic carbocycles. The summed E-state index contributed by atoms with van der Waals surface area (Å²) in [7, 11) is 3.24. The molecule has 1 atom stereocenters. The van der Waals surface area contributed by atoms with Crippen LogP contribution in [0.3, 0.4) is 0 Å². The number of allylic oxidation sites excluding steroid dienone is 1. The minimum Gasteiger partial charge on any atom is -0.467 e. The van der Waals surface area contributed by atoms with Gasteiger partial charge in [-0.2, -0.15) is 0 Å². The zero-order valence-electron chi connectivity index (χ0n) is 20.7. The van der Waals surface area contributed by atoms with Gasteiger partial charge in [0, 0.05) is 26.4 Å². The molecule has 1 heterocycles. The van der Waals surface area contributed by atoms with E-state index >= 15 is 0 Å². The van der Waals surface area contributed by atoms with E-state index in [2.05, 4.69) is 49.4 Å². The summed E-state index contributed by atoms with van der Waals surface area (Å²) in [6, 6.07) is 14.6. The molecule has 0 amide bonds. The first-order chi connectivity index (χ1) is 16.7. The Bertz CT molecular complexity index is 845. The summed E-state index contributed by atoms with van der Waals surface area (Å²) in [4.78, 5) is 0. The van der Waals surface area contributed by atoms with E-state index < -0.39 is 0 Å². The molecule has 1 fully saturated rings. The summed E-state index contributed by atoms with van der Waals surface area (Å²) in [5.74, 6) is 1.53. The zero-order valence-corrected chi connectivity index (χ0v) is 20.7. The highest BCUT2D eigenvalue weighted by molar-refractivity contribution is 5.49. The largest absolute Gasteiger partial charge is 0.467 e. The average Bonchev–Trinajstić information content (AvgIpc) is 2.88. The molecule has 34 heavy (non-hydrogen) atoms. The molecule has 1 unspecified atom stereocenters. The van der Waals surface area contributed by atoms with Gasteiger partial charge in [-0.1, -0.05) is 42.0 Å². The van der Waals surface area contributed by atoms with Crippen LogP contribution in [0.25, 0.3) is 0 Å². The zero-order chi connectivity index (χ0) is 24.0. The molecule has 0 saturated carbocycles. The third-order valence-electron chi connectivity index (χ3n) is 5.73. The van der Waals surface area contributed by atoms with Crippen molar-refractivity contribution in [3.8, 4) is 11.5 Å². The molecule has 1 saturated heterocycles. The number of ether oxygens (including phenoxy) is 6. The molecule has 3 rings (SSSR count). The molecule has 6 nitrogen and oxygen atoms in total. The molecule has 2 aromatic rings. The highest BCUT2D eigenvalue weighted by atomic mass is 16.7. The lowest BCUT2D eigenvalue weighted by Gasteiger charge is -2.22. The second-order valence-corrected chi connectivity index (χ2v) is 8.52. The van der Waals surface area contributed by atoms with Crippen LogP contribution in [0.15, 0.2) is 54.1 Å². The van der Waals surface area contributed by atoms with Crippen molar-refractivity contribution in [1.29, 1.82) is 0 Å². The molecule has 0 aliphatic carbocycles. The summed E-state index contributed by atoms with van der Waals surface area (Å²) < 4.78 is 33.9. The number of aryl methyl sites for hydroxylation is 2. The lowest BCUT2D eigenvalue weighted by molar-refractivity contribution is -0.156. The van der Waals surface area contributed by atoms with Gasteiger partial charge in [0.2, 0.25) is 0 Å². The summed E-state index contributed by atoms with van der Waals surface area (Å²) in [5.41, 5.74) is 4.54. The monoisotopic (exact) mass is 470 g/mol. The molecular formula is C28H38O6. The van der Waals surface area contributed by atoms with Crippen molar-refractivity contribution < 1.29 is 28.4 Å². The van der Waals surface area contributed by atoms with Gasteiger partial charge < -0.3 is 28.4 Å². The molecule has 0 bridgehead atoms. The summed E-state index contributed by atoms with van der Waals surface area (Å²) in [6.07, 6.45) is 7.76. The molecule has 0 radical (unpaired) electrons. The fourth-order valence-corrected chi connectivity index (χ4v) is 3.86. The lowest BCUT2D eigenvalue weighted by atomic mass is 10.00. The SMILES string of the molecule is COCOc1cc(CCc2ccccc2)cc(OCOC)c1C/C=C(/C)COC1CCCCO1. The molecule has 0 N–H and O–H groups in total. The predicted octanol–water partition coefficient (Wildman–Crippen LogP) is 5.47. The molecule has 0 spiro atoms. The van der Waals surface area contributed by atoms with E-state index in [1.165, 1.54) is 5.56 Å². The van der Waals surface area contributed by atoms with Crippen molar-refractivity contribution in [3.63, 3.8) is 0 Å². The van der Waals surface area contributed by atoms with E-state index in [4.69, 9.17) is 28.4 Å². The topological polar surface area (TPSA) is 55.4 Å². The Kier molecular flexibility index (Phi) is 11.4. The summed E-state index contributed by atoms with van der Waals surface area (Å²) in [6.45, 7) is 3.74. The highest BCUT2D eigenvalue weighted by Crippen LogP contribution is 2.33. The van der Waals surface area contributed by atoms with Gasteiger partial charge in [0.25, 0.3) is 0 Å². The number of methoxy groups -OCH3 is 2. The highest BCUT2D eigenvalue weighted by Gasteiger charge is 2.16. The minimum absolute atomic E-state index is 0.0952. The van der Waals surface area contributed by atoms with Crippen molar-refractivity contribution in [2.75, 3.05) is 41.0 Å². The summed E-state index contributed by atoms with van der Waals surface area (Å²) >= 11 is 0. The van der Waals surface area contributed by atoms with E-state index in [1.807, 2.05) is 6.07 Å². The van der Waals surface area contributed by atoms with E-state index in [1.54, 1.807) is 14.2 Å². The van der Waals surface area contributed by atoms with Crippen molar-refractivity contribution in [3.05, 3.63) is 70.8 Å². The van der Waals surface area contributed by atoms with Gasteiger partial charge in [-0.05, 0) is 68.7 Å². The lowest BCUT2D eigenvalue weighted by Crippen LogP contribution is -2.22. The summed E-state index contributed by atoms with van der Waals surface area (Å²) in [5, 5.41) is 0. The first-order valence-electron chi connectivity index (χ1n) is 12.0. The molecule has 0 aromatic heterocycles. The Labute approximate surface area is 203 Å². The Balaban J connectivity index is 1.74. The van der Waals surface area contributed by atoms with Crippen LogP contribution in [-0.2, 0) is 38.2 Å². The Morgan fingerprint density at radius 2 is 1.62 bits per heavy atom. The normalized spacial score (nSPS) is 16.4. The van der Waals surface area contributed by atoms with Gasteiger partial charge >= 0.3 is 0 Å². The van der Waals surface area contributed by atoms with E-state index in [-0.39, 0.29) is 19.9 Å². The predicted molar refractivity (Wildman–Crippen MR) is 132 cm³/mol. The number of benzene rings is 2. The van der Waals surface area contributed by atoms with Gasteiger partial charge in [0.15, 0.2) is 19.9 Å². The van der Waals surface area contributed by atoms with Gasteiger partial charge in [0.1, 0.15) is 11.5 Å². The van der Waals surface area contributed by atoms with Gasteiger partial charge in [-0.25, -0.2) is 0 Å². The van der Waals surface area contributed by atoms with Crippen LogP contribution in [0.1, 0.15) is 42.9 Å². The molecular weight excluding hydrogens is 432 g/mol. The van der Waals surface area contributed by atoms with Crippen LogP contribution >= 0.6 is 0 Å². The van der Waals surface area contributed by atoms with E-state index in [9.17, 15) is 0 Å². The minimum atomic E-state index is -0.0952. The van der Waals surface area contributed by atoms with Crippen molar-refractivity contribution >= 4 is 0 Å². The first kappa shape index (κ1) is 26.2. The van der Waals surface area contributed by atoms with Gasteiger partial charge in [0.05, 0.1) is 6.61 Å². The standard InChI is InChI=1S/C28H38O6/c1-22(19-32-28-11-7-8-16-31-28)12-15-25-26(33-20-29-2)17-24(18-27(25)34-21-30-3)14-13-23-9-5-4-6-10-23/h4-6,9-10,12,17-18,28H,7-8,11,13-16,19-21H2,1-3H3/b22-12-. The maximum atomic E-state index is 5.96. The third-order valence-corrected chi connectivity index (χ3v) is 5.73. The maximum absolute atomic E-state index is 5.96. The fraction of sp³-hybridized carbons (Fsp3) is 0.500. The van der Waals surface area contributed by atoms with Crippen LogP contribution in [0.4, 0.5) is 0 Å². The third kappa shape index (κ3) is 8.76. The smallest absolute Gasteiger partial charge is 0.188 e. The second kappa shape index (κ2) is 14.8. The van der Waals surface area contributed by atoms with E-state index in [0.717, 1.165) is 66.9 Å². The first-order valence-corrected chi connectivity index (χ1v) is 12.0. The molecule has 1 aliphatic heterocycles. The molecule has 186 valence electrons. The maximum Gasteiger partial charge on any atom is 0.188 e. The van der Waals surface area contributed by atoms with Crippen molar-refractivity contribution in [2.24, 2.45) is 0 Å². The number of rotatable bonds is 14. The van der Waals surface area contributed by atoms with Crippen molar-refractivity contribution in [2.45, 2.75) is 51.7 Å². The Hall–Kier alpha value is -2.38.